The summed E-state index contributed by atoms with van der Waals surface area (Å²) in [5, 5.41) is 3.36. The zero-order valence-electron chi connectivity index (χ0n) is 12.5. The van der Waals surface area contributed by atoms with E-state index >= 15 is 0 Å². The zero-order valence-corrected chi connectivity index (χ0v) is 12.5. The molecule has 0 saturated carbocycles. The number of ether oxygens (including phenoxy) is 1. The highest BCUT2D eigenvalue weighted by atomic mass is 16.5. The van der Waals surface area contributed by atoms with Crippen LogP contribution in [-0.2, 0) is 18.3 Å². The molecule has 2 heterocycles. The van der Waals surface area contributed by atoms with Gasteiger partial charge in [0.25, 0.3) is 0 Å². The van der Waals surface area contributed by atoms with Crippen molar-refractivity contribution in [1.29, 1.82) is 0 Å². The second-order valence-electron chi connectivity index (χ2n) is 4.77. The molecule has 0 aliphatic heterocycles. The Morgan fingerprint density at radius 1 is 1.40 bits per heavy atom. The predicted molar refractivity (Wildman–Crippen MR) is 78.9 cm³/mol. The monoisotopic (exact) mass is 277 g/mol. The van der Waals surface area contributed by atoms with Gasteiger partial charge in [-0.05, 0) is 20.3 Å². The summed E-state index contributed by atoms with van der Waals surface area (Å²) in [4.78, 5) is 8.86. The van der Waals surface area contributed by atoms with E-state index in [1.807, 2.05) is 44.1 Å². The van der Waals surface area contributed by atoms with Crippen LogP contribution in [0.15, 0.2) is 18.6 Å². The van der Waals surface area contributed by atoms with Gasteiger partial charge >= 0.3 is 0 Å². The number of imidazole rings is 2. The predicted octanol–water partition coefficient (Wildman–Crippen LogP) is 1.81. The summed E-state index contributed by atoms with van der Waals surface area (Å²) in [6, 6.07) is 0. The number of rotatable bonds is 8. The largest absolute Gasteiger partial charge is 0.382 e. The first-order valence-corrected chi connectivity index (χ1v) is 7.02. The van der Waals surface area contributed by atoms with Gasteiger partial charge in [-0.25, -0.2) is 9.97 Å². The normalized spacial score (nSPS) is 10.9. The summed E-state index contributed by atoms with van der Waals surface area (Å²) < 4.78 is 9.44. The van der Waals surface area contributed by atoms with Crippen LogP contribution in [0.4, 0.5) is 5.95 Å². The first-order valence-electron chi connectivity index (χ1n) is 7.02. The molecular formula is C14H23N5O. The van der Waals surface area contributed by atoms with E-state index in [-0.39, 0.29) is 0 Å². The third-order valence-corrected chi connectivity index (χ3v) is 3.08. The van der Waals surface area contributed by atoms with Gasteiger partial charge in [-0.15, -0.1) is 0 Å². The van der Waals surface area contributed by atoms with Crippen LogP contribution in [0.3, 0.4) is 0 Å². The number of nitrogens with one attached hydrogen (secondary N) is 1. The van der Waals surface area contributed by atoms with E-state index in [0.29, 0.717) is 0 Å². The average molecular weight is 277 g/mol. The van der Waals surface area contributed by atoms with Crippen LogP contribution in [0, 0.1) is 6.92 Å². The summed E-state index contributed by atoms with van der Waals surface area (Å²) in [6.07, 6.45) is 6.78. The van der Waals surface area contributed by atoms with Gasteiger partial charge in [0.05, 0.1) is 12.2 Å². The van der Waals surface area contributed by atoms with Crippen molar-refractivity contribution in [2.24, 2.45) is 7.05 Å². The Balaban J connectivity index is 1.94. The van der Waals surface area contributed by atoms with Gasteiger partial charge in [0, 0.05) is 45.4 Å². The third-order valence-electron chi connectivity index (χ3n) is 3.08. The molecule has 0 unspecified atom stereocenters. The highest BCUT2D eigenvalue weighted by Gasteiger charge is 2.08. The number of aryl methyl sites for hydroxylation is 2. The van der Waals surface area contributed by atoms with Crippen molar-refractivity contribution in [3.8, 4) is 0 Å². The fourth-order valence-corrected chi connectivity index (χ4v) is 2.03. The minimum atomic E-state index is 0.720. The molecule has 0 aliphatic rings. The van der Waals surface area contributed by atoms with Gasteiger partial charge in [-0.3, -0.25) is 0 Å². The molecule has 0 saturated heterocycles. The lowest BCUT2D eigenvalue weighted by Gasteiger charge is -2.09. The first-order chi connectivity index (χ1) is 9.70. The molecule has 0 atom stereocenters. The van der Waals surface area contributed by atoms with Crippen LogP contribution < -0.4 is 5.32 Å². The first kappa shape index (κ1) is 14.6. The van der Waals surface area contributed by atoms with E-state index in [4.69, 9.17) is 4.74 Å². The van der Waals surface area contributed by atoms with E-state index < -0.39 is 0 Å². The second kappa shape index (κ2) is 7.09. The highest BCUT2D eigenvalue weighted by molar-refractivity contribution is 5.29. The minimum absolute atomic E-state index is 0.720. The smallest absolute Gasteiger partial charge is 0.203 e. The SMILES string of the molecule is CCOCCCNc1nc(C)cn1Cc1nccn1C. The lowest BCUT2D eigenvalue weighted by molar-refractivity contribution is 0.147. The topological polar surface area (TPSA) is 56.9 Å². The lowest BCUT2D eigenvalue weighted by atomic mass is 10.4. The Kier molecular flexibility index (Phi) is 5.17. The molecule has 6 nitrogen and oxygen atoms in total. The van der Waals surface area contributed by atoms with Crippen molar-refractivity contribution in [1.82, 2.24) is 19.1 Å². The van der Waals surface area contributed by atoms with Crippen molar-refractivity contribution < 1.29 is 4.74 Å². The van der Waals surface area contributed by atoms with Crippen LogP contribution in [0.1, 0.15) is 24.9 Å². The van der Waals surface area contributed by atoms with Gasteiger partial charge in [0.2, 0.25) is 5.95 Å². The summed E-state index contributed by atoms with van der Waals surface area (Å²) >= 11 is 0. The van der Waals surface area contributed by atoms with Crippen molar-refractivity contribution in [3.05, 3.63) is 30.1 Å². The molecule has 2 aromatic heterocycles. The van der Waals surface area contributed by atoms with Gasteiger partial charge in [-0.1, -0.05) is 0 Å². The maximum Gasteiger partial charge on any atom is 0.203 e. The van der Waals surface area contributed by atoms with Gasteiger partial charge < -0.3 is 19.2 Å². The quantitative estimate of drug-likeness (QED) is 0.748. The molecule has 1 N–H and O–H groups in total. The number of hydrogen-bond donors (Lipinski definition) is 1. The third kappa shape index (κ3) is 3.84. The van der Waals surface area contributed by atoms with Crippen LogP contribution in [0.5, 0.6) is 0 Å². The maximum atomic E-state index is 5.33. The number of anilines is 1. The summed E-state index contributed by atoms with van der Waals surface area (Å²) in [7, 11) is 2.00. The Hall–Kier alpha value is -1.82. The van der Waals surface area contributed by atoms with Gasteiger partial charge in [0.1, 0.15) is 5.82 Å². The molecule has 2 aromatic rings. The number of hydrogen-bond acceptors (Lipinski definition) is 4. The van der Waals surface area contributed by atoms with Crippen molar-refractivity contribution in [2.75, 3.05) is 25.1 Å². The van der Waals surface area contributed by atoms with Crippen molar-refractivity contribution >= 4 is 5.95 Å². The summed E-state index contributed by atoms with van der Waals surface area (Å²) in [6.45, 7) is 7.14. The van der Waals surface area contributed by atoms with E-state index in [1.165, 1.54) is 0 Å². The molecule has 0 spiro atoms. The van der Waals surface area contributed by atoms with E-state index in [2.05, 4.69) is 19.9 Å². The summed E-state index contributed by atoms with van der Waals surface area (Å²) in [5.41, 5.74) is 1.01. The fourth-order valence-electron chi connectivity index (χ4n) is 2.03. The Morgan fingerprint density at radius 3 is 2.95 bits per heavy atom. The lowest BCUT2D eigenvalue weighted by Crippen LogP contribution is -2.12. The van der Waals surface area contributed by atoms with Crippen LogP contribution in [0.25, 0.3) is 0 Å². The van der Waals surface area contributed by atoms with Gasteiger partial charge in [0.15, 0.2) is 0 Å². The molecule has 2 rings (SSSR count). The molecule has 0 radical (unpaired) electrons. The van der Waals surface area contributed by atoms with Crippen LogP contribution >= 0.6 is 0 Å². The van der Waals surface area contributed by atoms with E-state index in [1.54, 1.807) is 0 Å². The van der Waals surface area contributed by atoms with Crippen molar-refractivity contribution in [2.45, 2.75) is 26.8 Å². The van der Waals surface area contributed by atoms with Crippen LogP contribution in [0.2, 0.25) is 0 Å². The second-order valence-corrected chi connectivity index (χ2v) is 4.77. The minimum Gasteiger partial charge on any atom is -0.382 e. The highest BCUT2D eigenvalue weighted by Crippen LogP contribution is 2.11. The molecule has 6 heteroatoms. The molecule has 0 fully saturated rings. The number of aromatic nitrogens is 4. The molecule has 0 amide bonds. The standard InChI is InChI=1S/C14H23N5O/c1-4-20-9-5-6-16-14-17-12(2)10-19(14)11-13-15-7-8-18(13)3/h7-8,10H,4-6,9,11H2,1-3H3,(H,16,17). The number of nitrogens with zero attached hydrogens (tertiary/aromatic N) is 4. The Bertz CT molecular complexity index is 531. The molecule has 110 valence electrons. The molecule has 0 bridgehead atoms. The summed E-state index contributed by atoms with van der Waals surface area (Å²) in [5.74, 6) is 1.90. The average Bonchev–Trinajstić information content (AvgIpc) is 2.97. The maximum absolute atomic E-state index is 5.33. The molecule has 0 aromatic carbocycles. The van der Waals surface area contributed by atoms with E-state index in [9.17, 15) is 0 Å². The molecule has 0 aliphatic carbocycles. The van der Waals surface area contributed by atoms with E-state index in [0.717, 1.165) is 50.2 Å². The fraction of sp³-hybridized carbons (Fsp3) is 0.571. The van der Waals surface area contributed by atoms with Gasteiger partial charge in [-0.2, -0.15) is 0 Å². The Labute approximate surface area is 119 Å². The molecule has 20 heavy (non-hydrogen) atoms. The zero-order chi connectivity index (χ0) is 14.4. The molecular weight excluding hydrogens is 254 g/mol. The van der Waals surface area contributed by atoms with Crippen molar-refractivity contribution in [3.63, 3.8) is 0 Å². The Morgan fingerprint density at radius 2 is 2.25 bits per heavy atom. The van der Waals surface area contributed by atoms with Crippen LogP contribution in [-0.4, -0.2) is 38.9 Å².